The minimum Gasteiger partial charge on any atom is -0.480 e. The van der Waals surface area contributed by atoms with Gasteiger partial charge >= 0.3 is 5.97 Å². The van der Waals surface area contributed by atoms with Gasteiger partial charge in [-0.3, -0.25) is 9.59 Å². The van der Waals surface area contributed by atoms with E-state index in [1.807, 2.05) is 12.1 Å². The molecular weight excluding hydrogens is 440 g/mol. The number of aliphatic carboxylic acids is 1. The lowest BCUT2D eigenvalue weighted by atomic mass is 9.85. The van der Waals surface area contributed by atoms with Crippen LogP contribution in [0.5, 0.6) is 0 Å². The van der Waals surface area contributed by atoms with E-state index in [0.717, 1.165) is 30.4 Å². The Morgan fingerprint density at radius 1 is 1.03 bits per heavy atom. The van der Waals surface area contributed by atoms with Crippen LogP contribution in [0.4, 0.5) is 0 Å². The second kappa shape index (κ2) is 10.3. The van der Waals surface area contributed by atoms with E-state index in [4.69, 9.17) is 11.6 Å². The SMILES string of the molecule is O=C(NCCCC(NS(=O)(=O)c1ccc(-c2ccc(Cl)cc2)cc1)C(=O)O)C1CCC1. The van der Waals surface area contributed by atoms with E-state index in [1.54, 1.807) is 24.3 Å². The summed E-state index contributed by atoms with van der Waals surface area (Å²) in [5.41, 5.74) is 1.70. The van der Waals surface area contributed by atoms with E-state index >= 15 is 0 Å². The number of sulfonamides is 1. The van der Waals surface area contributed by atoms with Crippen molar-refractivity contribution in [2.24, 2.45) is 5.92 Å². The van der Waals surface area contributed by atoms with E-state index < -0.39 is 22.0 Å². The molecule has 3 rings (SSSR count). The second-order valence-electron chi connectivity index (χ2n) is 7.60. The van der Waals surface area contributed by atoms with Crippen molar-refractivity contribution in [1.82, 2.24) is 10.0 Å². The van der Waals surface area contributed by atoms with Gasteiger partial charge < -0.3 is 10.4 Å². The minimum atomic E-state index is -4.01. The first-order valence-electron chi connectivity index (χ1n) is 10.1. The maximum Gasteiger partial charge on any atom is 0.321 e. The highest BCUT2D eigenvalue weighted by molar-refractivity contribution is 7.89. The van der Waals surface area contributed by atoms with Gasteiger partial charge in [-0.15, -0.1) is 0 Å². The van der Waals surface area contributed by atoms with Crippen molar-refractivity contribution in [3.05, 3.63) is 53.6 Å². The summed E-state index contributed by atoms with van der Waals surface area (Å²) in [6.45, 7) is 0.316. The summed E-state index contributed by atoms with van der Waals surface area (Å²) < 4.78 is 27.6. The van der Waals surface area contributed by atoms with E-state index in [1.165, 1.54) is 12.1 Å². The molecule has 1 saturated carbocycles. The second-order valence-corrected chi connectivity index (χ2v) is 9.75. The Morgan fingerprint density at radius 3 is 2.13 bits per heavy atom. The minimum absolute atomic E-state index is 0.0144. The molecular formula is C22H25ClN2O5S. The fourth-order valence-corrected chi connectivity index (χ4v) is 4.64. The van der Waals surface area contributed by atoms with Crippen molar-refractivity contribution in [3.63, 3.8) is 0 Å². The van der Waals surface area contributed by atoms with Crippen molar-refractivity contribution in [2.75, 3.05) is 6.54 Å². The Balaban J connectivity index is 1.57. The summed E-state index contributed by atoms with van der Waals surface area (Å²) in [6, 6.07) is 12.1. The van der Waals surface area contributed by atoms with Crippen LogP contribution < -0.4 is 10.0 Å². The van der Waals surface area contributed by atoms with Gasteiger partial charge in [0.1, 0.15) is 6.04 Å². The Kier molecular flexibility index (Phi) is 7.69. The number of rotatable bonds is 10. The van der Waals surface area contributed by atoms with Gasteiger partial charge in [0.2, 0.25) is 15.9 Å². The van der Waals surface area contributed by atoms with Crippen molar-refractivity contribution in [2.45, 2.75) is 43.0 Å². The highest BCUT2D eigenvalue weighted by atomic mass is 35.5. The summed E-state index contributed by atoms with van der Waals surface area (Å²) in [6.07, 6.45) is 3.26. The monoisotopic (exact) mass is 464 g/mol. The van der Waals surface area contributed by atoms with Gasteiger partial charge in [0.25, 0.3) is 0 Å². The molecule has 9 heteroatoms. The van der Waals surface area contributed by atoms with Crippen LogP contribution in [0.1, 0.15) is 32.1 Å². The molecule has 1 amide bonds. The van der Waals surface area contributed by atoms with Crippen LogP contribution in [0.25, 0.3) is 11.1 Å². The van der Waals surface area contributed by atoms with Gasteiger partial charge in [0.05, 0.1) is 4.90 Å². The number of amides is 1. The molecule has 1 unspecified atom stereocenters. The molecule has 1 aliphatic rings. The fourth-order valence-electron chi connectivity index (χ4n) is 3.29. The molecule has 166 valence electrons. The standard InChI is InChI=1S/C22H25ClN2O5S/c23-18-10-6-15(7-11-18)16-8-12-19(13-9-16)31(29,30)25-20(22(27)28)5-2-14-24-21(26)17-3-1-4-17/h6-13,17,20,25H,1-5,14H2,(H,24,26)(H,27,28). The predicted molar refractivity (Wildman–Crippen MR) is 118 cm³/mol. The number of carbonyl (C=O) groups excluding carboxylic acids is 1. The average molecular weight is 465 g/mol. The zero-order valence-corrected chi connectivity index (χ0v) is 18.5. The van der Waals surface area contributed by atoms with Gasteiger partial charge in [-0.25, -0.2) is 8.42 Å². The van der Waals surface area contributed by atoms with E-state index in [9.17, 15) is 23.1 Å². The fraction of sp³-hybridized carbons (Fsp3) is 0.364. The maximum absolute atomic E-state index is 12.7. The van der Waals surface area contributed by atoms with Gasteiger partial charge in [0, 0.05) is 17.5 Å². The molecule has 7 nitrogen and oxygen atoms in total. The third-order valence-corrected chi connectivity index (χ3v) is 7.12. The van der Waals surface area contributed by atoms with Crippen LogP contribution in [0.2, 0.25) is 5.02 Å². The highest BCUT2D eigenvalue weighted by Gasteiger charge is 2.26. The van der Waals surface area contributed by atoms with Gasteiger partial charge in [-0.2, -0.15) is 4.72 Å². The number of hydrogen-bond donors (Lipinski definition) is 3. The van der Waals surface area contributed by atoms with Crippen LogP contribution in [0.15, 0.2) is 53.4 Å². The Bertz CT molecular complexity index is 1020. The van der Waals surface area contributed by atoms with E-state index in [2.05, 4.69) is 10.0 Å². The van der Waals surface area contributed by atoms with Crippen LogP contribution in [-0.4, -0.2) is 38.0 Å². The van der Waals surface area contributed by atoms with Crippen LogP contribution in [0, 0.1) is 5.92 Å². The summed E-state index contributed by atoms with van der Waals surface area (Å²) in [7, 11) is -4.01. The molecule has 0 radical (unpaired) electrons. The van der Waals surface area contributed by atoms with Crippen LogP contribution >= 0.6 is 11.6 Å². The number of carboxylic acid groups (broad SMARTS) is 1. The topological polar surface area (TPSA) is 113 Å². The van der Waals surface area contributed by atoms with Crippen molar-refractivity contribution >= 4 is 33.5 Å². The molecule has 3 N–H and O–H groups in total. The molecule has 2 aromatic carbocycles. The third-order valence-electron chi connectivity index (χ3n) is 5.38. The number of halogens is 1. The third kappa shape index (κ3) is 6.29. The quantitative estimate of drug-likeness (QED) is 0.466. The Morgan fingerprint density at radius 2 is 1.61 bits per heavy atom. The number of nitrogens with one attached hydrogen (secondary N) is 2. The lowest BCUT2D eigenvalue weighted by molar-refractivity contribution is -0.139. The lowest BCUT2D eigenvalue weighted by Gasteiger charge is -2.24. The molecule has 0 aliphatic heterocycles. The molecule has 1 fully saturated rings. The van der Waals surface area contributed by atoms with Gasteiger partial charge in [-0.1, -0.05) is 42.3 Å². The Hall–Kier alpha value is -2.42. The number of carboxylic acids is 1. The summed E-state index contributed by atoms with van der Waals surface area (Å²) in [4.78, 5) is 23.3. The molecule has 0 aromatic heterocycles. The van der Waals surface area contributed by atoms with Crippen molar-refractivity contribution < 1.29 is 23.1 Å². The summed E-state index contributed by atoms with van der Waals surface area (Å²) in [5, 5.41) is 12.8. The molecule has 0 bridgehead atoms. The molecule has 2 aromatic rings. The molecule has 0 heterocycles. The highest BCUT2D eigenvalue weighted by Crippen LogP contribution is 2.26. The van der Waals surface area contributed by atoms with Crippen LogP contribution in [-0.2, 0) is 19.6 Å². The first kappa shape index (κ1) is 23.2. The summed E-state index contributed by atoms with van der Waals surface area (Å²) in [5.74, 6) is -1.21. The normalized spacial score (nSPS) is 15.1. The molecule has 31 heavy (non-hydrogen) atoms. The van der Waals surface area contributed by atoms with E-state index in [-0.39, 0.29) is 23.1 Å². The zero-order chi connectivity index (χ0) is 22.4. The predicted octanol–water partition coefficient (Wildman–Crippen LogP) is 3.44. The number of hydrogen-bond acceptors (Lipinski definition) is 4. The maximum atomic E-state index is 12.7. The molecule has 0 spiro atoms. The van der Waals surface area contributed by atoms with Crippen LogP contribution in [0.3, 0.4) is 0 Å². The van der Waals surface area contributed by atoms with Crippen molar-refractivity contribution in [1.29, 1.82) is 0 Å². The molecule has 1 atom stereocenters. The smallest absolute Gasteiger partial charge is 0.321 e. The van der Waals surface area contributed by atoms with Gasteiger partial charge in [0.15, 0.2) is 0 Å². The number of carbonyl (C=O) groups is 2. The van der Waals surface area contributed by atoms with Crippen molar-refractivity contribution in [3.8, 4) is 11.1 Å². The lowest BCUT2D eigenvalue weighted by Crippen LogP contribution is -2.41. The number of benzene rings is 2. The average Bonchev–Trinajstić information content (AvgIpc) is 2.69. The van der Waals surface area contributed by atoms with E-state index in [0.29, 0.717) is 18.0 Å². The van der Waals surface area contributed by atoms with Gasteiger partial charge in [-0.05, 0) is 61.1 Å². The molecule has 0 saturated heterocycles. The molecule has 1 aliphatic carbocycles. The first-order chi connectivity index (χ1) is 14.8. The Labute approximate surface area is 186 Å². The first-order valence-corrected chi connectivity index (χ1v) is 12.0. The zero-order valence-electron chi connectivity index (χ0n) is 16.9. The summed E-state index contributed by atoms with van der Waals surface area (Å²) >= 11 is 5.89. The largest absolute Gasteiger partial charge is 0.480 e.